The van der Waals surface area contributed by atoms with Crippen molar-refractivity contribution in [3.05, 3.63) is 18.0 Å². The van der Waals surface area contributed by atoms with Crippen molar-refractivity contribution >= 4 is 5.97 Å². The summed E-state index contributed by atoms with van der Waals surface area (Å²) >= 11 is 0. The van der Waals surface area contributed by atoms with E-state index in [1.807, 2.05) is 0 Å². The number of aromatic nitrogens is 2. The smallest absolute Gasteiger partial charge is 0.419 e. The SMILES string of the molecule is O=C(O)[C@H](Cn1cc(C(F)(F)F)cn1)NC1CC1. The summed E-state index contributed by atoms with van der Waals surface area (Å²) in [4.78, 5) is 10.9. The molecule has 1 aliphatic carbocycles. The van der Waals surface area contributed by atoms with Crippen molar-refractivity contribution in [3.8, 4) is 0 Å². The van der Waals surface area contributed by atoms with Gasteiger partial charge in [0.1, 0.15) is 6.04 Å². The van der Waals surface area contributed by atoms with Gasteiger partial charge >= 0.3 is 12.1 Å². The third-order valence-corrected chi connectivity index (χ3v) is 2.64. The molecular formula is C10H12F3N3O2. The normalized spacial score (nSPS) is 17.7. The van der Waals surface area contributed by atoms with Crippen LogP contribution in [-0.4, -0.2) is 32.9 Å². The van der Waals surface area contributed by atoms with Crippen LogP contribution in [0.15, 0.2) is 12.4 Å². The van der Waals surface area contributed by atoms with Crippen molar-refractivity contribution in [3.63, 3.8) is 0 Å². The van der Waals surface area contributed by atoms with Crippen LogP contribution in [0.5, 0.6) is 0 Å². The molecule has 2 rings (SSSR count). The van der Waals surface area contributed by atoms with Gasteiger partial charge in [-0.3, -0.25) is 9.48 Å². The highest BCUT2D eigenvalue weighted by Crippen LogP contribution is 2.28. The molecule has 1 aromatic rings. The minimum Gasteiger partial charge on any atom is -0.480 e. The number of carbonyl (C=O) groups is 1. The Morgan fingerprint density at radius 3 is 2.72 bits per heavy atom. The van der Waals surface area contributed by atoms with Crippen LogP contribution in [0.3, 0.4) is 0 Å². The van der Waals surface area contributed by atoms with E-state index in [-0.39, 0.29) is 12.6 Å². The average molecular weight is 263 g/mol. The molecule has 0 unspecified atom stereocenters. The number of alkyl halides is 3. The van der Waals surface area contributed by atoms with Gasteiger partial charge in [0, 0.05) is 12.2 Å². The van der Waals surface area contributed by atoms with Gasteiger partial charge < -0.3 is 10.4 Å². The highest BCUT2D eigenvalue weighted by molar-refractivity contribution is 5.73. The van der Waals surface area contributed by atoms with Crippen molar-refractivity contribution in [1.82, 2.24) is 15.1 Å². The lowest BCUT2D eigenvalue weighted by molar-refractivity contribution is -0.140. The molecule has 18 heavy (non-hydrogen) atoms. The van der Waals surface area contributed by atoms with E-state index < -0.39 is 23.8 Å². The van der Waals surface area contributed by atoms with Crippen molar-refractivity contribution in [2.24, 2.45) is 0 Å². The zero-order chi connectivity index (χ0) is 13.3. The third kappa shape index (κ3) is 3.22. The summed E-state index contributed by atoms with van der Waals surface area (Å²) in [5, 5.41) is 15.3. The Bertz CT molecular complexity index is 440. The highest BCUT2D eigenvalue weighted by Gasteiger charge is 2.33. The second kappa shape index (κ2) is 4.60. The van der Waals surface area contributed by atoms with E-state index in [9.17, 15) is 18.0 Å². The van der Waals surface area contributed by atoms with Gasteiger partial charge in [0.2, 0.25) is 0 Å². The third-order valence-electron chi connectivity index (χ3n) is 2.64. The largest absolute Gasteiger partial charge is 0.480 e. The summed E-state index contributed by atoms with van der Waals surface area (Å²) < 4.78 is 38.0. The first kappa shape index (κ1) is 12.9. The molecular weight excluding hydrogens is 251 g/mol. The van der Waals surface area contributed by atoms with Crippen LogP contribution in [0.4, 0.5) is 13.2 Å². The molecule has 1 saturated carbocycles. The Balaban J connectivity index is 2.01. The fourth-order valence-electron chi connectivity index (χ4n) is 1.53. The Morgan fingerprint density at radius 1 is 1.61 bits per heavy atom. The lowest BCUT2D eigenvalue weighted by Crippen LogP contribution is -2.41. The lowest BCUT2D eigenvalue weighted by Gasteiger charge is -2.13. The summed E-state index contributed by atoms with van der Waals surface area (Å²) in [7, 11) is 0. The standard InChI is InChI=1S/C10H12F3N3O2/c11-10(12,13)6-3-14-16(4-6)5-8(9(17)18)15-7-1-2-7/h3-4,7-8,15H,1-2,5H2,(H,17,18)/t8-/m0/s1. The number of rotatable bonds is 5. The van der Waals surface area contributed by atoms with Crippen molar-refractivity contribution in [2.75, 3.05) is 0 Å². The minimum absolute atomic E-state index is 0.123. The second-order valence-electron chi connectivity index (χ2n) is 4.28. The molecule has 0 aliphatic heterocycles. The first-order valence-corrected chi connectivity index (χ1v) is 5.45. The molecule has 1 aliphatic rings. The van der Waals surface area contributed by atoms with E-state index >= 15 is 0 Å². The highest BCUT2D eigenvalue weighted by atomic mass is 19.4. The van der Waals surface area contributed by atoms with E-state index in [4.69, 9.17) is 5.11 Å². The van der Waals surface area contributed by atoms with Gasteiger partial charge in [-0.15, -0.1) is 0 Å². The van der Waals surface area contributed by atoms with Crippen LogP contribution in [0.25, 0.3) is 0 Å². The van der Waals surface area contributed by atoms with Crippen LogP contribution >= 0.6 is 0 Å². The van der Waals surface area contributed by atoms with Crippen LogP contribution in [0, 0.1) is 0 Å². The zero-order valence-corrected chi connectivity index (χ0v) is 9.31. The molecule has 5 nitrogen and oxygen atoms in total. The van der Waals surface area contributed by atoms with Crippen LogP contribution in [-0.2, 0) is 17.5 Å². The fraction of sp³-hybridized carbons (Fsp3) is 0.600. The first-order chi connectivity index (χ1) is 8.36. The zero-order valence-electron chi connectivity index (χ0n) is 9.31. The summed E-state index contributed by atoms with van der Waals surface area (Å²) in [5.74, 6) is -1.09. The monoisotopic (exact) mass is 263 g/mol. The maximum absolute atomic E-state index is 12.3. The Hall–Kier alpha value is -1.57. The quantitative estimate of drug-likeness (QED) is 0.835. The van der Waals surface area contributed by atoms with Gasteiger partial charge in [0.15, 0.2) is 0 Å². The van der Waals surface area contributed by atoms with Gasteiger partial charge in [0.05, 0.1) is 18.3 Å². The maximum atomic E-state index is 12.3. The van der Waals surface area contributed by atoms with Gasteiger partial charge in [-0.2, -0.15) is 18.3 Å². The average Bonchev–Trinajstić information content (AvgIpc) is 2.91. The van der Waals surface area contributed by atoms with Crippen molar-refractivity contribution in [2.45, 2.75) is 37.6 Å². The summed E-state index contributed by atoms with van der Waals surface area (Å²) in [6, 6.07) is -0.762. The van der Waals surface area contributed by atoms with Crippen molar-refractivity contribution in [1.29, 1.82) is 0 Å². The number of carboxylic acid groups (broad SMARTS) is 1. The molecule has 2 N–H and O–H groups in total. The molecule has 1 atom stereocenters. The van der Waals surface area contributed by atoms with Crippen LogP contribution in [0.1, 0.15) is 18.4 Å². The number of halogens is 3. The maximum Gasteiger partial charge on any atom is 0.419 e. The number of carboxylic acids is 1. The Morgan fingerprint density at radius 2 is 2.28 bits per heavy atom. The van der Waals surface area contributed by atoms with E-state index in [1.165, 1.54) is 0 Å². The number of nitrogens with zero attached hydrogens (tertiary/aromatic N) is 2. The molecule has 0 aromatic carbocycles. The summed E-state index contributed by atoms with van der Waals surface area (Å²) in [6.45, 7) is -0.123. The van der Waals surface area contributed by atoms with E-state index in [1.54, 1.807) is 0 Å². The molecule has 0 radical (unpaired) electrons. The van der Waals surface area contributed by atoms with Gasteiger partial charge in [-0.25, -0.2) is 0 Å². The molecule has 0 bridgehead atoms. The van der Waals surface area contributed by atoms with Gasteiger partial charge in [-0.05, 0) is 12.8 Å². The Kier molecular flexibility index (Phi) is 3.29. The topological polar surface area (TPSA) is 67.1 Å². The molecule has 1 heterocycles. The first-order valence-electron chi connectivity index (χ1n) is 5.45. The molecule has 1 aromatic heterocycles. The molecule has 0 amide bonds. The second-order valence-corrected chi connectivity index (χ2v) is 4.28. The van der Waals surface area contributed by atoms with E-state index in [0.29, 0.717) is 6.20 Å². The minimum atomic E-state index is -4.46. The van der Waals surface area contributed by atoms with Gasteiger partial charge in [0.25, 0.3) is 0 Å². The number of aliphatic carboxylic acids is 1. The van der Waals surface area contributed by atoms with E-state index in [2.05, 4.69) is 10.4 Å². The summed E-state index contributed by atoms with van der Waals surface area (Å²) in [6.07, 6.45) is -1.16. The molecule has 100 valence electrons. The predicted octanol–water partition coefficient (Wildman–Crippen LogP) is 1.11. The number of hydrogen-bond acceptors (Lipinski definition) is 3. The van der Waals surface area contributed by atoms with Gasteiger partial charge in [-0.1, -0.05) is 0 Å². The van der Waals surface area contributed by atoms with Crippen LogP contribution in [0.2, 0.25) is 0 Å². The summed E-state index contributed by atoms with van der Waals surface area (Å²) in [5.41, 5.74) is -0.877. The number of hydrogen-bond donors (Lipinski definition) is 2. The molecule has 8 heteroatoms. The van der Waals surface area contributed by atoms with E-state index in [0.717, 1.165) is 23.7 Å². The predicted molar refractivity (Wildman–Crippen MR) is 54.8 cm³/mol. The fourth-order valence-corrected chi connectivity index (χ4v) is 1.53. The molecule has 1 fully saturated rings. The Labute approximate surface area is 101 Å². The molecule has 0 saturated heterocycles. The number of nitrogens with one attached hydrogen (secondary N) is 1. The van der Waals surface area contributed by atoms with Crippen LogP contribution < -0.4 is 5.32 Å². The van der Waals surface area contributed by atoms with Crippen molar-refractivity contribution < 1.29 is 23.1 Å². The lowest BCUT2D eigenvalue weighted by atomic mass is 10.3. The molecule has 0 spiro atoms.